The van der Waals surface area contributed by atoms with Gasteiger partial charge in [0.25, 0.3) is 0 Å². The summed E-state index contributed by atoms with van der Waals surface area (Å²) in [6.07, 6.45) is 7.67. The Morgan fingerprint density at radius 3 is 2.80 bits per heavy atom. The lowest BCUT2D eigenvalue weighted by Gasteiger charge is -2.14. The lowest BCUT2D eigenvalue weighted by Crippen LogP contribution is -2.24. The minimum absolute atomic E-state index is 0.737. The highest BCUT2D eigenvalue weighted by atomic mass is 15.2. The van der Waals surface area contributed by atoms with E-state index in [1.165, 1.54) is 18.4 Å². The van der Waals surface area contributed by atoms with E-state index in [1.54, 1.807) is 0 Å². The molecule has 0 fully saturated rings. The Balaban J connectivity index is 2.33. The van der Waals surface area contributed by atoms with E-state index < -0.39 is 0 Å². The van der Waals surface area contributed by atoms with Crippen molar-refractivity contribution >= 4 is 0 Å². The largest absolute Gasteiger partial charge is 0.316 e. The van der Waals surface area contributed by atoms with E-state index in [4.69, 9.17) is 0 Å². The highest BCUT2D eigenvalue weighted by molar-refractivity contribution is 5.04. The molecule has 1 N–H and O–H groups in total. The van der Waals surface area contributed by atoms with Crippen LogP contribution in [-0.2, 0) is 13.5 Å². The second kappa shape index (κ2) is 6.62. The molecule has 86 valence electrons. The van der Waals surface area contributed by atoms with Gasteiger partial charge in [-0.1, -0.05) is 20.3 Å². The Morgan fingerprint density at radius 1 is 1.47 bits per heavy atom. The maximum Gasteiger partial charge on any atom is 0.0521 e. The molecule has 1 aromatic heterocycles. The van der Waals surface area contributed by atoms with Crippen LogP contribution in [0.2, 0.25) is 0 Å². The van der Waals surface area contributed by atoms with Gasteiger partial charge < -0.3 is 5.32 Å². The van der Waals surface area contributed by atoms with Crippen LogP contribution in [-0.4, -0.2) is 22.9 Å². The zero-order valence-corrected chi connectivity index (χ0v) is 10.2. The van der Waals surface area contributed by atoms with Crippen molar-refractivity contribution in [2.24, 2.45) is 13.0 Å². The Kier molecular flexibility index (Phi) is 5.40. The third-order valence-electron chi connectivity index (χ3n) is 2.72. The van der Waals surface area contributed by atoms with Gasteiger partial charge in [-0.2, -0.15) is 5.10 Å². The summed E-state index contributed by atoms with van der Waals surface area (Å²) in [6.45, 7) is 6.71. The van der Waals surface area contributed by atoms with Crippen molar-refractivity contribution in [3.05, 3.63) is 18.0 Å². The lowest BCUT2D eigenvalue weighted by molar-refractivity contribution is 0.460. The molecule has 1 atom stereocenters. The molecule has 1 heterocycles. The zero-order chi connectivity index (χ0) is 11.1. The minimum atomic E-state index is 0.737. The van der Waals surface area contributed by atoms with Crippen molar-refractivity contribution in [2.45, 2.75) is 33.1 Å². The summed E-state index contributed by atoms with van der Waals surface area (Å²) in [5.41, 5.74) is 1.35. The van der Waals surface area contributed by atoms with Crippen LogP contribution in [0.15, 0.2) is 12.4 Å². The molecule has 3 heteroatoms. The van der Waals surface area contributed by atoms with E-state index >= 15 is 0 Å². The monoisotopic (exact) mass is 209 g/mol. The van der Waals surface area contributed by atoms with Crippen LogP contribution in [0.4, 0.5) is 0 Å². The van der Waals surface area contributed by atoms with Crippen molar-refractivity contribution < 1.29 is 0 Å². The first-order valence-electron chi connectivity index (χ1n) is 5.94. The number of aryl methyl sites for hydroxylation is 1. The summed E-state index contributed by atoms with van der Waals surface area (Å²) in [4.78, 5) is 0. The van der Waals surface area contributed by atoms with Crippen molar-refractivity contribution in [1.29, 1.82) is 0 Å². The fraction of sp³-hybridized carbons (Fsp3) is 0.750. The molecule has 0 amide bonds. The average molecular weight is 209 g/mol. The van der Waals surface area contributed by atoms with Gasteiger partial charge in [-0.3, -0.25) is 4.68 Å². The zero-order valence-electron chi connectivity index (χ0n) is 10.2. The predicted octanol–water partition coefficient (Wildman–Crippen LogP) is 1.99. The molecule has 0 saturated heterocycles. The number of rotatable bonds is 7. The molecule has 1 aromatic rings. The SMILES string of the molecule is CCCNCC(CC)Cc1cnn(C)c1. The Bertz CT molecular complexity index is 268. The van der Waals surface area contributed by atoms with E-state index in [9.17, 15) is 0 Å². The molecule has 0 aliphatic heterocycles. The lowest BCUT2D eigenvalue weighted by atomic mass is 9.99. The van der Waals surface area contributed by atoms with Gasteiger partial charge in [0.2, 0.25) is 0 Å². The van der Waals surface area contributed by atoms with Crippen LogP contribution >= 0.6 is 0 Å². The molecule has 0 spiro atoms. The van der Waals surface area contributed by atoms with Crippen molar-refractivity contribution in [1.82, 2.24) is 15.1 Å². The summed E-state index contributed by atoms with van der Waals surface area (Å²) in [7, 11) is 1.97. The maximum atomic E-state index is 4.20. The smallest absolute Gasteiger partial charge is 0.0521 e. The Hall–Kier alpha value is -0.830. The number of hydrogen-bond acceptors (Lipinski definition) is 2. The highest BCUT2D eigenvalue weighted by Gasteiger charge is 2.07. The molecule has 0 radical (unpaired) electrons. The maximum absolute atomic E-state index is 4.20. The second-order valence-corrected chi connectivity index (χ2v) is 4.20. The van der Waals surface area contributed by atoms with Gasteiger partial charge in [0.15, 0.2) is 0 Å². The quantitative estimate of drug-likeness (QED) is 0.696. The number of aromatic nitrogens is 2. The standard InChI is InChI=1S/C12H23N3/c1-4-6-13-8-11(5-2)7-12-9-14-15(3)10-12/h9-11,13H,4-8H2,1-3H3. The molecule has 0 aromatic carbocycles. The van der Waals surface area contributed by atoms with E-state index in [-0.39, 0.29) is 0 Å². The van der Waals surface area contributed by atoms with Gasteiger partial charge in [-0.05, 0) is 37.4 Å². The Morgan fingerprint density at radius 2 is 2.27 bits per heavy atom. The fourth-order valence-electron chi connectivity index (χ4n) is 1.75. The summed E-state index contributed by atoms with van der Waals surface area (Å²) in [5.74, 6) is 0.737. The molecule has 0 bridgehead atoms. The third-order valence-corrected chi connectivity index (χ3v) is 2.72. The molecule has 0 saturated carbocycles. The normalized spacial score (nSPS) is 13.0. The van der Waals surface area contributed by atoms with Crippen LogP contribution in [0.5, 0.6) is 0 Å². The van der Waals surface area contributed by atoms with Gasteiger partial charge >= 0.3 is 0 Å². The summed E-state index contributed by atoms with van der Waals surface area (Å²) in [6, 6.07) is 0. The van der Waals surface area contributed by atoms with Crippen molar-refractivity contribution in [3.8, 4) is 0 Å². The summed E-state index contributed by atoms with van der Waals surface area (Å²) < 4.78 is 1.88. The van der Waals surface area contributed by atoms with E-state index in [1.807, 2.05) is 17.9 Å². The van der Waals surface area contributed by atoms with Gasteiger partial charge in [-0.25, -0.2) is 0 Å². The van der Waals surface area contributed by atoms with Gasteiger partial charge in [0, 0.05) is 13.2 Å². The van der Waals surface area contributed by atoms with Crippen molar-refractivity contribution in [3.63, 3.8) is 0 Å². The topological polar surface area (TPSA) is 29.9 Å². The van der Waals surface area contributed by atoms with Crippen LogP contribution in [0, 0.1) is 5.92 Å². The van der Waals surface area contributed by atoms with Gasteiger partial charge in [-0.15, -0.1) is 0 Å². The van der Waals surface area contributed by atoms with Crippen LogP contribution < -0.4 is 5.32 Å². The molecule has 0 aliphatic rings. The average Bonchev–Trinajstić information content (AvgIpc) is 2.63. The van der Waals surface area contributed by atoms with E-state index in [0.29, 0.717) is 0 Å². The first-order chi connectivity index (χ1) is 7.26. The molecule has 3 nitrogen and oxygen atoms in total. The summed E-state index contributed by atoms with van der Waals surface area (Å²) in [5, 5.41) is 7.68. The first kappa shape index (κ1) is 12.2. The highest BCUT2D eigenvalue weighted by Crippen LogP contribution is 2.10. The van der Waals surface area contributed by atoms with Gasteiger partial charge in [0.1, 0.15) is 0 Å². The molecular weight excluding hydrogens is 186 g/mol. The van der Waals surface area contributed by atoms with Crippen LogP contribution in [0.1, 0.15) is 32.3 Å². The number of nitrogens with one attached hydrogen (secondary N) is 1. The predicted molar refractivity (Wildman–Crippen MR) is 63.9 cm³/mol. The van der Waals surface area contributed by atoms with E-state index in [0.717, 1.165) is 25.4 Å². The molecule has 0 aliphatic carbocycles. The molecular formula is C12H23N3. The van der Waals surface area contributed by atoms with Crippen molar-refractivity contribution in [2.75, 3.05) is 13.1 Å². The molecule has 15 heavy (non-hydrogen) atoms. The molecule has 1 rings (SSSR count). The Labute approximate surface area is 92.9 Å². The fourth-order valence-corrected chi connectivity index (χ4v) is 1.75. The van der Waals surface area contributed by atoms with Crippen LogP contribution in [0.25, 0.3) is 0 Å². The van der Waals surface area contributed by atoms with E-state index in [2.05, 4.69) is 30.5 Å². The van der Waals surface area contributed by atoms with Crippen LogP contribution in [0.3, 0.4) is 0 Å². The second-order valence-electron chi connectivity index (χ2n) is 4.20. The number of nitrogens with zero attached hydrogens (tertiary/aromatic N) is 2. The molecule has 1 unspecified atom stereocenters. The third kappa shape index (κ3) is 4.47. The number of hydrogen-bond donors (Lipinski definition) is 1. The summed E-state index contributed by atoms with van der Waals surface area (Å²) >= 11 is 0. The first-order valence-corrected chi connectivity index (χ1v) is 5.94. The van der Waals surface area contributed by atoms with Gasteiger partial charge in [0.05, 0.1) is 6.20 Å². The minimum Gasteiger partial charge on any atom is -0.316 e.